The van der Waals surface area contributed by atoms with E-state index in [4.69, 9.17) is 5.73 Å². The predicted octanol–water partition coefficient (Wildman–Crippen LogP) is 2.62. The number of anilines is 1. The molecule has 0 unspecified atom stereocenters. The van der Waals surface area contributed by atoms with Gasteiger partial charge in [0, 0.05) is 24.0 Å². The molecule has 3 rings (SSSR count). The van der Waals surface area contributed by atoms with Crippen molar-refractivity contribution in [2.45, 2.75) is 25.8 Å². The van der Waals surface area contributed by atoms with E-state index in [0.717, 1.165) is 29.8 Å². The summed E-state index contributed by atoms with van der Waals surface area (Å²) >= 11 is 0. The number of aromatic nitrogens is 2. The molecule has 0 aliphatic carbocycles. The van der Waals surface area contributed by atoms with Gasteiger partial charge in [-0.2, -0.15) is 5.10 Å². The highest BCUT2D eigenvalue weighted by Gasteiger charge is 2.10. The molecule has 2 heterocycles. The fraction of sp³-hybridized carbons (Fsp3) is 0.438. The second kappa shape index (κ2) is 6.09. The van der Waals surface area contributed by atoms with Crippen LogP contribution in [0.2, 0.25) is 0 Å². The van der Waals surface area contributed by atoms with Gasteiger partial charge in [-0.1, -0.05) is 12.1 Å². The van der Waals surface area contributed by atoms with Crippen molar-refractivity contribution in [1.82, 2.24) is 14.7 Å². The first-order valence-electron chi connectivity index (χ1n) is 7.42. The third-order valence-electron chi connectivity index (χ3n) is 3.91. The van der Waals surface area contributed by atoms with Gasteiger partial charge < -0.3 is 10.6 Å². The number of benzene rings is 1. The highest BCUT2D eigenvalue weighted by atomic mass is 15.3. The van der Waals surface area contributed by atoms with Gasteiger partial charge in [0.05, 0.1) is 6.20 Å². The van der Waals surface area contributed by atoms with Crippen LogP contribution in [0, 0.1) is 0 Å². The fourth-order valence-corrected chi connectivity index (χ4v) is 2.82. The normalized spacial score (nSPS) is 15.8. The van der Waals surface area contributed by atoms with Crippen LogP contribution >= 0.6 is 0 Å². The summed E-state index contributed by atoms with van der Waals surface area (Å²) in [6.45, 7) is 4.72. The van der Waals surface area contributed by atoms with E-state index in [2.05, 4.69) is 22.3 Å². The van der Waals surface area contributed by atoms with Gasteiger partial charge in [0.15, 0.2) is 0 Å². The van der Waals surface area contributed by atoms with E-state index in [1.807, 2.05) is 29.1 Å². The SMILES string of the molecule is Nc1cccc(-c2cnn(CCCN3CCCC3)c2)c1. The molecule has 1 aliphatic heterocycles. The third kappa shape index (κ3) is 3.20. The van der Waals surface area contributed by atoms with Crippen molar-refractivity contribution in [1.29, 1.82) is 0 Å². The van der Waals surface area contributed by atoms with Crippen LogP contribution in [0.3, 0.4) is 0 Å². The number of likely N-dealkylation sites (tertiary alicyclic amines) is 1. The van der Waals surface area contributed by atoms with Crippen molar-refractivity contribution >= 4 is 5.69 Å². The molecule has 0 saturated carbocycles. The number of nitrogens with zero attached hydrogens (tertiary/aromatic N) is 3. The highest BCUT2D eigenvalue weighted by Crippen LogP contribution is 2.20. The molecular formula is C16H22N4. The summed E-state index contributed by atoms with van der Waals surface area (Å²) in [5, 5.41) is 4.44. The molecule has 1 saturated heterocycles. The van der Waals surface area contributed by atoms with Crippen molar-refractivity contribution in [3.63, 3.8) is 0 Å². The van der Waals surface area contributed by atoms with Crippen molar-refractivity contribution < 1.29 is 0 Å². The lowest BCUT2D eigenvalue weighted by molar-refractivity contribution is 0.322. The summed E-state index contributed by atoms with van der Waals surface area (Å²) in [7, 11) is 0. The van der Waals surface area contributed by atoms with Gasteiger partial charge in [0.25, 0.3) is 0 Å². The van der Waals surface area contributed by atoms with Gasteiger partial charge in [-0.05, 0) is 56.6 Å². The van der Waals surface area contributed by atoms with Crippen molar-refractivity contribution in [2.24, 2.45) is 0 Å². The van der Waals surface area contributed by atoms with E-state index >= 15 is 0 Å². The predicted molar refractivity (Wildman–Crippen MR) is 82.4 cm³/mol. The van der Waals surface area contributed by atoms with Gasteiger partial charge >= 0.3 is 0 Å². The van der Waals surface area contributed by atoms with Crippen molar-refractivity contribution in [3.05, 3.63) is 36.7 Å². The Kier molecular flexibility index (Phi) is 4.02. The molecule has 1 fully saturated rings. The minimum Gasteiger partial charge on any atom is -0.399 e. The molecule has 1 aromatic carbocycles. The Labute approximate surface area is 120 Å². The van der Waals surface area contributed by atoms with Crippen molar-refractivity contribution in [2.75, 3.05) is 25.4 Å². The molecule has 106 valence electrons. The smallest absolute Gasteiger partial charge is 0.0568 e. The standard InChI is InChI=1S/C16H22N4/c17-16-6-3-5-14(11-16)15-12-18-20(13-15)10-4-9-19-7-1-2-8-19/h3,5-6,11-13H,1-2,4,7-10,17H2. The topological polar surface area (TPSA) is 47.1 Å². The maximum Gasteiger partial charge on any atom is 0.0568 e. The minimum absolute atomic E-state index is 0.796. The van der Waals surface area contributed by atoms with Crippen LogP contribution in [0.1, 0.15) is 19.3 Å². The Hall–Kier alpha value is -1.81. The number of rotatable bonds is 5. The average Bonchev–Trinajstić information content (AvgIpc) is 3.10. The molecular weight excluding hydrogens is 248 g/mol. The molecule has 0 amide bonds. The van der Waals surface area contributed by atoms with Crippen LogP contribution in [-0.4, -0.2) is 34.3 Å². The van der Waals surface area contributed by atoms with Crippen LogP contribution in [0.15, 0.2) is 36.7 Å². The van der Waals surface area contributed by atoms with Crippen LogP contribution in [0.5, 0.6) is 0 Å². The second-order valence-electron chi connectivity index (χ2n) is 5.52. The number of hydrogen-bond acceptors (Lipinski definition) is 3. The van der Waals surface area contributed by atoms with Crippen LogP contribution in [0.25, 0.3) is 11.1 Å². The lowest BCUT2D eigenvalue weighted by Crippen LogP contribution is -2.21. The molecule has 0 spiro atoms. The van der Waals surface area contributed by atoms with Gasteiger partial charge in [0.2, 0.25) is 0 Å². The van der Waals surface area contributed by atoms with E-state index in [9.17, 15) is 0 Å². The Morgan fingerprint density at radius 1 is 1.10 bits per heavy atom. The Bertz CT molecular complexity index is 555. The first-order valence-corrected chi connectivity index (χ1v) is 7.42. The molecule has 4 nitrogen and oxygen atoms in total. The average molecular weight is 270 g/mol. The molecule has 0 bridgehead atoms. The Morgan fingerprint density at radius 3 is 2.75 bits per heavy atom. The van der Waals surface area contributed by atoms with Gasteiger partial charge in [-0.3, -0.25) is 4.68 Å². The molecule has 0 atom stereocenters. The number of hydrogen-bond donors (Lipinski definition) is 1. The highest BCUT2D eigenvalue weighted by molar-refractivity contribution is 5.65. The number of nitrogens with two attached hydrogens (primary N) is 1. The third-order valence-corrected chi connectivity index (χ3v) is 3.91. The summed E-state index contributed by atoms with van der Waals surface area (Å²) in [6, 6.07) is 7.95. The molecule has 1 aromatic heterocycles. The quantitative estimate of drug-likeness (QED) is 0.850. The van der Waals surface area contributed by atoms with E-state index in [-0.39, 0.29) is 0 Å². The van der Waals surface area contributed by atoms with E-state index < -0.39 is 0 Å². The number of nitrogen functional groups attached to an aromatic ring is 1. The zero-order chi connectivity index (χ0) is 13.8. The summed E-state index contributed by atoms with van der Waals surface area (Å²) in [4.78, 5) is 2.54. The maximum atomic E-state index is 5.82. The van der Waals surface area contributed by atoms with E-state index in [1.165, 1.54) is 32.5 Å². The molecule has 2 N–H and O–H groups in total. The summed E-state index contributed by atoms with van der Waals surface area (Å²) in [5.41, 5.74) is 8.89. The Morgan fingerprint density at radius 2 is 1.95 bits per heavy atom. The monoisotopic (exact) mass is 270 g/mol. The first-order chi connectivity index (χ1) is 9.81. The zero-order valence-electron chi connectivity index (χ0n) is 11.8. The molecule has 1 aliphatic rings. The van der Waals surface area contributed by atoms with Gasteiger partial charge in [0.1, 0.15) is 0 Å². The largest absolute Gasteiger partial charge is 0.399 e. The molecule has 2 aromatic rings. The van der Waals surface area contributed by atoms with Crippen LogP contribution in [-0.2, 0) is 6.54 Å². The first kappa shape index (κ1) is 13.2. The molecule has 0 radical (unpaired) electrons. The van der Waals surface area contributed by atoms with Crippen molar-refractivity contribution in [3.8, 4) is 11.1 Å². The lowest BCUT2D eigenvalue weighted by atomic mass is 10.1. The van der Waals surface area contributed by atoms with Crippen LogP contribution in [0.4, 0.5) is 5.69 Å². The lowest BCUT2D eigenvalue weighted by Gasteiger charge is -2.13. The van der Waals surface area contributed by atoms with Gasteiger partial charge in [-0.15, -0.1) is 0 Å². The number of aryl methyl sites for hydroxylation is 1. The molecule has 20 heavy (non-hydrogen) atoms. The Balaban J connectivity index is 1.56. The summed E-state index contributed by atoms with van der Waals surface area (Å²) in [6.07, 6.45) is 7.92. The van der Waals surface area contributed by atoms with Gasteiger partial charge in [-0.25, -0.2) is 0 Å². The summed E-state index contributed by atoms with van der Waals surface area (Å²) in [5.74, 6) is 0. The van der Waals surface area contributed by atoms with E-state index in [1.54, 1.807) is 0 Å². The molecule has 4 heteroatoms. The zero-order valence-corrected chi connectivity index (χ0v) is 11.8. The van der Waals surface area contributed by atoms with Crippen LogP contribution < -0.4 is 5.73 Å². The minimum atomic E-state index is 0.796. The summed E-state index contributed by atoms with van der Waals surface area (Å²) < 4.78 is 2.04. The maximum absolute atomic E-state index is 5.82. The fourth-order valence-electron chi connectivity index (χ4n) is 2.82. The second-order valence-corrected chi connectivity index (χ2v) is 5.52. The van der Waals surface area contributed by atoms with E-state index in [0.29, 0.717) is 0 Å².